The number of anilines is 2. The summed E-state index contributed by atoms with van der Waals surface area (Å²) in [5.74, 6) is -1.35. The predicted molar refractivity (Wildman–Crippen MR) is 128 cm³/mol. The fourth-order valence-electron chi connectivity index (χ4n) is 3.88. The second kappa shape index (κ2) is 10.4. The lowest BCUT2D eigenvalue weighted by molar-refractivity contribution is -0.119. The van der Waals surface area contributed by atoms with Crippen LogP contribution < -0.4 is 10.6 Å². The molecule has 1 aliphatic carbocycles. The molecule has 0 unspecified atom stereocenters. The number of fused-ring (bicyclic) bond motifs is 1. The van der Waals surface area contributed by atoms with Crippen molar-refractivity contribution < 1.29 is 19.1 Å². The van der Waals surface area contributed by atoms with E-state index in [-0.39, 0.29) is 5.91 Å². The molecule has 170 valence electrons. The lowest BCUT2D eigenvalue weighted by atomic mass is 9.95. The molecule has 33 heavy (non-hydrogen) atoms. The number of para-hydroxylation sites is 1. The SMILES string of the molecule is CCc1ccccc1NC(=O)COC(=O)c1c(NC(=O)c2cccnc2)sc2c1CCCC2. The third-order valence-electron chi connectivity index (χ3n) is 5.53. The number of amides is 2. The first-order valence-corrected chi connectivity index (χ1v) is 11.8. The fraction of sp³-hybridized carbons (Fsp3) is 0.280. The van der Waals surface area contributed by atoms with Gasteiger partial charge in [0.2, 0.25) is 0 Å². The van der Waals surface area contributed by atoms with Crippen molar-refractivity contribution in [2.24, 2.45) is 0 Å². The number of aryl methyl sites for hydroxylation is 2. The van der Waals surface area contributed by atoms with Gasteiger partial charge in [-0.25, -0.2) is 4.79 Å². The summed E-state index contributed by atoms with van der Waals surface area (Å²) in [5, 5.41) is 6.10. The first-order chi connectivity index (χ1) is 16.1. The molecule has 8 heteroatoms. The van der Waals surface area contributed by atoms with Gasteiger partial charge in [0.15, 0.2) is 6.61 Å². The van der Waals surface area contributed by atoms with Gasteiger partial charge in [-0.2, -0.15) is 0 Å². The zero-order valence-electron chi connectivity index (χ0n) is 18.3. The van der Waals surface area contributed by atoms with Crippen molar-refractivity contribution >= 4 is 39.8 Å². The summed E-state index contributed by atoms with van der Waals surface area (Å²) in [4.78, 5) is 43.2. The number of hydrogen-bond acceptors (Lipinski definition) is 6. The van der Waals surface area contributed by atoms with Crippen molar-refractivity contribution in [3.8, 4) is 0 Å². The summed E-state index contributed by atoms with van der Waals surface area (Å²) in [6.45, 7) is 1.60. The van der Waals surface area contributed by atoms with Crippen LogP contribution in [0.2, 0.25) is 0 Å². The number of benzene rings is 1. The molecular weight excluding hydrogens is 438 g/mol. The number of nitrogens with zero attached hydrogens (tertiary/aromatic N) is 1. The lowest BCUT2D eigenvalue weighted by Crippen LogP contribution is -2.22. The van der Waals surface area contributed by atoms with E-state index in [9.17, 15) is 14.4 Å². The van der Waals surface area contributed by atoms with E-state index in [0.29, 0.717) is 21.8 Å². The van der Waals surface area contributed by atoms with Crippen LogP contribution in [0, 0.1) is 0 Å². The van der Waals surface area contributed by atoms with Crippen LogP contribution in [0.4, 0.5) is 10.7 Å². The first kappa shape index (κ1) is 22.7. The summed E-state index contributed by atoms with van der Waals surface area (Å²) in [6, 6.07) is 10.9. The number of ether oxygens (including phenoxy) is 1. The Labute approximate surface area is 196 Å². The third-order valence-corrected chi connectivity index (χ3v) is 6.74. The van der Waals surface area contributed by atoms with Gasteiger partial charge < -0.3 is 15.4 Å². The van der Waals surface area contributed by atoms with Gasteiger partial charge in [0, 0.05) is 23.0 Å². The largest absolute Gasteiger partial charge is 0.452 e. The Morgan fingerprint density at radius 2 is 1.88 bits per heavy atom. The number of carbonyl (C=O) groups excluding carboxylic acids is 3. The molecule has 4 rings (SSSR count). The summed E-state index contributed by atoms with van der Waals surface area (Å²) in [5.41, 5.74) is 3.38. The van der Waals surface area contributed by atoms with Crippen molar-refractivity contribution in [2.75, 3.05) is 17.2 Å². The Morgan fingerprint density at radius 3 is 2.67 bits per heavy atom. The molecule has 2 N–H and O–H groups in total. The highest BCUT2D eigenvalue weighted by molar-refractivity contribution is 7.17. The molecule has 2 aromatic heterocycles. The second-order valence-corrected chi connectivity index (χ2v) is 8.85. The van der Waals surface area contributed by atoms with E-state index in [4.69, 9.17) is 4.74 Å². The Hall–Kier alpha value is -3.52. The van der Waals surface area contributed by atoms with Crippen LogP contribution in [-0.4, -0.2) is 29.4 Å². The van der Waals surface area contributed by atoms with Crippen LogP contribution in [0.3, 0.4) is 0 Å². The van der Waals surface area contributed by atoms with Crippen molar-refractivity contribution in [2.45, 2.75) is 39.0 Å². The molecule has 0 spiro atoms. The number of thiophene rings is 1. The average molecular weight is 464 g/mol. The number of pyridine rings is 1. The van der Waals surface area contributed by atoms with Gasteiger partial charge in [-0.3, -0.25) is 14.6 Å². The van der Waals surface area contributed by atoms with Crippen LogP contribution in [0.1, 0.15) is 56.5 Å². The van der Waals surface area contributed by atoms with Gasteiger partial charge in [0.1, 0.15) is 5.00 Å². The highest BCUT2D eigenvalue weighted by Crippen LogP contribution is 2.38. The van der Waals surface area contributed by atoms with Gasteiger partial charge in [-0.05, 0) is 61.4 Å². The molecule has 0 saturated carbocycles. The maximum absolute atomic E-state index is 13.0. The maximum atomic E-state index is 13.0. The number of aromatic nitrogens is 1. The summed E-state index contributed by atoms with van der Waals surface area (Å²) in [6.07, 6.45) is 7.45. The van der Waals surface area contributed by atoms with E-state index < -0.39 is 18.5 Å². The van der Waals surface area contributed by atoms with E-state index in [1.807, 2.05) is 31.2 Å². The van der Waals surface area contributed by atoms with Crippen LogP contribution in [0.25, 0.3) is 0 Å². The Balaban J connectivity index is 1.49. The Morgan fingerprint density at radius 1 is 1.06 bits per heavy atom. The van der Waals surface area contributed by atoms with E-state index >= 15 is 0 Å². The molecule has 0 atom stereocenters. The summed E-state index contributed by atoms with van der Waals surface area (Å²) >= 11 is 1.40. The van der Waals surface area contributed by atoms with Crippen LogP contribution in [0.5, 0.6) is 0 Å². The second-order valence-electron chi connectivity index (χ2n) is 7.75. The minimum absolute atomic E-state index is 0.343. The van der Waals surface area contributed by atoms with Gasteiger partial charge >= 0.3 is 5.97 Å². The summed E-state index contributed by atoms with van der Waals surface area (Å²) in [7, 11) is 0. The molecule has 0 aliphatic heterocycles. The molecular formula is C25H25N3O4S. The standard InChI is InChI=1S/C25H25N3O4S/c1-2-16-8-3-5-11-19(16)27-21(29)15-32-25(31)22-18-10-4-6-12-20(18)33-24(22)28-23(30)17-9-7-13-26-14-17/h3,5,7-9,11,13-14H,2,4,6,10,12,15H2,1H3,(H,27,29)(H,28,30). The number of nitrogens with one attached hydrogen (secondary N) is 2. The number of carbonyl (C=O) groups is 3. The first-order valence-electron chi connectivity index (χ1n) is 11.0. The zero-order chi connectivity index (χ0) is 23.2. The van der Waals surface area contributed by atoms with Crippen LogP contribution in [-0.2, 0) is 28.8 Å². The topological polar surface area (TPSA) is 97.4 Å². The monoisotopic (exact) mass is 463 g/mol. The van der Waals surface area contributed by atoms with Crippen LogP contribution >= 0.6 is 11.3 Å². The van der Waals surface area contributed by atoms with E-state index in [2.05, 4.69) is 15.6 Å². The highest BCUT2D eigenvalue weighted by atomic mass is 32.1. The molecule has 0 bridgehead atoms. The molecule has 2 amide bonds. The average Bonchev–Trinajstić information content (AvgIpc) is 3.21. The normalized spacial score (nSPS) is 12.5. The molecule has 0 radical (unpaired) electrons. The molecule has 7 nitrogen and oxygen atoms in total. The molecule has 1 aromatic carbocycles. The lowest BCUT2D eigenvalue weighted by Gasteiger charge is -2.13. The minimum atomic E-state index is -0.602. The Bertz CT molecular complexity index is 1170. The quantitative estimate of drug-likeness (QED) is 0.498. The highest BCUT2D eigenvalue weighted by Gasteiger charge is 2.28. The fourth-order valence-corrected chi connectivity index (χ4v) is 5.15. The van der Waals surface area contributed by atoms with Crippen molar-refractivity contribution in [1.29, 1.82) is 0 Å². The molecule has 2 heterocycles. The van der Waals surface area contributed by atoms with E-state index in [1.165, 1.54) is 17.5 Å². The number of esters is 1. The number of hydrogen-bond donors (Lipinski definition) is 2. The van der Waals surface area contributed by atoms with Gasteiger partial charge in [-0.15, -0.1) is 11.3 Å². The maximum Gasteiger partial charge on any atom is 0.341 e. The van der Waals surface area contributed by atoms with Crippen molar-refractivity contribution in [1.82, 2.24) is 4.98 Å². The summed E-state index contributed by atoms with van der Waals surface area (Å²) < 4.78 is 5.38. The zero-order valence-corrected chi connectivity index (χ0v) is 19.2. The molecule has 0 fully saturated rings. The molecule has 1 aliphatic rings. The minimum Gasteiger partial charge on any atom is -0.452 e. The third kappa shape index (κ3) is 5.28. The van der Waals surface area contributed by atoms with Gasteiger partial charge in [0.05, 0.1) is 11.1 Å². The van der Waals surface area contributed by atoms with Crippen molar-refractivity contribution in [3.05, 3.63) is 75.9 Å². The Kier molecular flexibility index (Phi) is 7.14. The smallest absolute Gasteiger partial charge is 0.341 e. The molecule has 0 saturated heterocycles. The molecule has 3 aromatic rings. The van der Waals surface area contributed by atoms with Crippen LogP contribution in [0.15, 0.2) is 48.8 Å². The van der Waals surface area contributed by atoms with E-state index in [1.54, 1.807) is 18.3 Å². The van der Waals surface area contributed by atoms with Crippen molar-refractivity contribution in [3.63, 3.8) is 0 Å². The van der Waals surface area contributed by atoms with Gasteiger partial charge in [0.25, 0.3) is 11.8 Å². The predicted octanol–water partition coefficient (Wildman–Crippen LogP) is 4.63. The van der Waals surface area contributed by atoms with Gasteiger partial charge in [-0.1, -0.05) is 25.1 Å². The number of rotatable bonds is 7. The van der Waals surface area contributed by atoms with E-state index in [0.717, 1.165) is 48.1 Å².